The van der Waals surface area contributed by atoms with Gasteiger partial charge in [0.15, 0.2) is 0 Å². The van der Waals surface area contributed by atoms with Gasteiger partial charge < -0.3 is 0 Å². The standard InChI is InChI=1S/C17H36N4/c1-3-5-6-7-8-9-10-11-12-13-14-15-17(4-2)21-16-18-19-20-21/h17H,3-16H2,1-2H3,(H,18,20). The Morgan fingerprint density at radius 2 is 1.43 bits per heavy atom. The molecule has 1 atom stereocenters. The lowest BCUT2D eigenvalue weighted by molar-refractivity contribution is 0.146. The van der Waals surface area contributed by atoms with Gasteiger partial charge in [0, 0.05) is 6.04 Å². The summed E-state index contributed by atoms with van der Waals surface area (Å²) in [6, 6.07) is 0.596. The van der Waals surface area contributed by atoms with E-state index in [2.05, 4.69) is 34.7 Å². The van der Waals surface area contributed by atoms with Crippen molar-refractivity contribution in [2.45, 2.75) is 103 Å². The highest BCUT2D eigenvalue weighted by Crippen LogP contribution is 2.16. The van der Waals surface area contributed by atoms with Crippen LogP contribution in [0.25, 0.3) is 0 Å². The van der Waals surface area contributed by atoms with E-state index in [0.717, 1.165) is 6.67 Å². The fraction of sp³-hybridized carbons (Fsp3) is 1.00. The minimum atomic E-state index is 0.596. The zero-order valence-electron chi connectivity index (χ0n) is 14.3. The van der Waals surface area contributed by atoms with Gasteiger partial charge in [0.1, 0.15) is 6.67 Å². The molecule has 0 aromatic carbocycles. The van der Waals surface area contributed by atoms with Crippen LogP contribution in [-0.2, 0) is 0 Å². The van der Waals surface area contributed by atoms with Gasteiger partial charge in [-0.25, -0.2) is 5.53 Å². The van der Waals surface area contributed by atoms with Crippen LogP contribution in [-0.4, -0.2) is 17.7 Å². The highest BCUT2D eigenvalue weighted by molar-refractivity contribution is 4.67. The Labute approximate surface area is 131 Å². The molecule has 0 spiro atoms. The molecule has 4 nitrogen and oxygen atoms in total. The van der Waals surface area contributed by atoms with Gasteiger partial charge in [0.05, 0.1) is 0 Å². The summed E-state index contributed by atoms with van der Waals surface area (Å²) in [5, 5.41) is 9.98. The van der Waals surface area contributed by atoms with Crippen molar-refractivity contribution in [3.8, 4) is 0 Å². The molecule has 0 bridgehead atoms. The van der Waals surface area contributed by atoms with Crippen LogP contribution >= 0.6 is 0 Å². The van der Waals surface area contributed by atoms with Gasteiger partial charge in [0.2, 0.25) is 0 Å². The molecule has 1 rings (SSSR count). The lowest BCUT2D eigenvalue weighted by atomic mass is 10.0. The zero-order valence-corrected chi connectivity index (χ0v) is 14.3. The number of nitrogens with zero attached hydrogens (tertiary/aromatic N) is 3. The first kappa shape index (κ1) is 18.4. The maximum atomic E-state index is 3.98. The quantitative estimate of drug-likeness (QED) is 0.423. The first-order valence-electron chi connectivity index (χ1n) is 9.27. The average molecular weight is 297 g/mol. The van der Waals surface area contributed by atoms with Crippen LogP contribution < -0.4 is 5.53 Å². The molecule has 1 heterocycles. The number of hydrazine groups is 1. The van der Waals surface area contributed by atoms with Gasteiger partial charge in [-0.1, -0.05) is 89.7 Å². The second-order valence-corrected chi connectivity index (χ2v) is 6.34. The van der Waals surface area contributed by atoms with Gasteiger partial charge in [0.25, 0.3) is 0 Å². The molecule has 1 unspecified atom stereocenters. The lowest BCUT2D eigenvalue weighted by Gasteiger charge is -2.23. The van der Waals surface area contributed by atoms with E-state index in [0.29, 0.717) is 6.04 Å². The van der Waals surface area contributed by atoms with Crippen molar-refractivity contribution >= 4 is 0 Å². The summed E-state index contributed by atoms with van der Waals surface area (Å²) in [7, 11) is 0. The summed E-state index contributed by atoms with van der Waals surface area (Å²) in [6.07, 6.45) is 18.0. The third kappa shape index (κ3) is 9.07. The van der Waals surface area contributed by atoms with E-state index in [1.807, 2.05) is 0 Å². The van der Waals surface area contributed by atoms with Crippen molar-refractivity contribution in [3.05, 3.63) is 0 Å². The molecule has 0 amide bonds. The average Bonchev–Trinajstić information content (AvgIpc) is 3.03. The summed E-state index contributed by atoms with van der Waals surface area (Å²) < 4.78 is 0. The van der Waals surface area contributed by atoms with Crippen LogP contribution in [0.2, 0.25) is 0 Å². The zero-order chi connectivity index (χ0) is 15.2. The Hall–Kier alpha value is -0.640. The fourth-order valence-electron chi connectivity index (χ4n) is 3.04. The van der Waals surface area contributed by atoms with E-state index < -0.39 is 0 Å². The number of nitrogens with one attached hydrogen (secondary N) is 1. The second kappa shape index (κ2) is 13.1. The van der Waals surface area contributed by atoms with Crippen molar-refractivity contribution < 1.29 is 0 Å². The monoisotopic (exact) mass is 296 g/mol. The van der Waals surface area contributed by atoms with Crippen molar-refractivity contribution in [1.82, 2.24) is 10.5 Å². The van der Waals surface area contributed by atoms with Gasteiger partial charge in [-0.2, -0.15) is 10.1 Å². The van der Waals surface area contributed by atoms with Crippen molar-refractivity contribution in [3.63, 3.8) is 0 Å². The number of unbranched alkanes of at least 4 members (excludes halogenated alkanes) is 10. The normalized spacial score (nSPS) is 16.3. The fourth-order valence-corrected chi connectivity index (χ4v) is 3.04. The lowest BCUT2D eigenvalue weighted by Crippen LogP contribution is -2.39. The molecule has 0 aliphatic carbocycles. The maximum Gasteiger partial charge on any atom is 0.133 e. The number of hydrogen-bond acceptors (Lipinski definition) is 4. The van der Waals surface area contributed by atoms with E-state index in [1.165, 1.54) is 83.5 Å². The van der Waals surface area contributed by atoms with Crippen LogP contribution in [0.5, 0.6) is 0 Å². The Kier molecular flexibility index (Phi) is 11.4. The molecular formula is C17H36N4. The SMILES string of the molecule is CCCCCCCCCCCCCC(CC)N1CN=NN1. The summed E-state index contributed by atoms with van der Waals surface area (Å²) in [4.78, 5) is 0. The predicted molar refractivity (Wildman–Crippen MR) is 89.9 cm³/mol. The van der Waals surface area contributed by atoms with Crippen LogP contribution in [0.1, 0.15) is 97.3 Å². The Balaban J connectivity index is 1.83. The highest BCUT2D eigenvalue weighted by Gasteiger charge is 2.18. The highest BCUT2D eigenvalue weighted by atomic mass is 15.8. The molecule has 21 heavy (non-hydrogen) atoms. The first-order chi connectivity index (χ1) is 10.4. The molecule has 0 radical (unpaired) electrons. The smallest absolute Gasteiger partial charge is 0.133 e. The second-order valence-electron chi connectivity index (χ2n) is 6.34. The number of rotatable bonds is 14. The summed E-state index contributed by atoms with van der Waals surface area (Å²) in [5.41, 5.74) is 2.99. The summed E-state index contributed by atoms with van der Waals surface area (Å²) >= 11 is 0. The van der Waals surface area contributed by atoms with E-state index in [1.54, 1.807) is 0 Å². The van der Waals surface area contributed by atoms with Crippen LogP contribution in [0.4, 0.5) is 0 Å². The molecule has 0 aromatic rings. The van der Waals surface area contributed by atoms with Crippen LogP contribution in [0.3, 0.4) is 0 Å². The molecule has 1 aliphatic heterocycles. The molecule has 0 aromatic heterocycles. The molecule has 0 fully saturated rings. The van der Waals surface area contributed by atoms with E-state index in [9.17, 15) is 0 Å². The molecule has 124 valence electrons. The molecular weight excluding hydrogens is 260 g/mol. The van der Waals surface area contributed by atoms with Crippen molar-refractivity contribution in [2.24, 2.45) is 10.3 Å². The summed E-state index contributed by atoms with van der Waals surface area (Å²) in [6.45, 7) is 5.26. The molecule has 4 heteroatoms. The minimum absolute atomic E-state index is 0.596. The first-order valence-corrected chi connectivity index (χ1v) is 9.27. The minimum Gasteiger partial charge on any atom is -0.220 e. The predicted octanol–water partition coefficient (Wildman–Crippen LogP) is 5.61. The molecule has 0 saturated heterocycles. The van der Waals surface area contributed by atoms with Crippen LogP contribution in [0, 0.1) is 0 Å². The number of hydrogen-bond donors (Lipinski definition) is 1. The Morgan fingerprint density at radius 3 is 1.90 bits per heavy atom. The molecule has 0 saturated carbocycles. The largest absolute Gasteiger partial charge is 0.220 e. The Bertz CT molecular complexity index is 247. The maximum absolute atomic E-state index is 3.98. The Morgan fingerprint density at radius 1 is 0.857 bits per heavy atom. The topological polar surface area (TPSA) is 40.0 Å². The van der Waals surface area contributed by atoms with E-state index in [-0.39, 0.29) is 0 Å². The molecule has 1 aliphatic rings. The van der Waals surface area contributed by atoms with Gasteiger partial charge >= 0.3 is 0 Å². The van der Waals surface area contributed by atoms with Crippen molar-refractivity contribution in [1.29, 1.82) is 0 Å². The van der Waals surface area contributed by atoms with Gasteiger partial charge in [-0.05, 0) is 12.8 Å². The van der Waals surface area contributed by atoms with Crippen LogP contribution in [0.15, 0.2) is 10.3 Å². The third-order valence-electron chi connectivity index (χ3n) is 4.51. The summed E-state index contributed by atoms with van der Waals surface area (Å²) in [5.74, 6) is 0. The van der Waals surface area contributed by atoms with Gasteiger partial charge in [-0.3, -0.25) is 0 Å². The van der Waals surface area contributed by atoms with E-state index >= 15 is 0 Å². The third-order valence-corrected chi connectivity index (χ3v) is 4.51. The molecule has 1 N–H and O–H groups in total. The van der Waals surface area contributed by atoms with Gasteiger partial charge in [-0.15, -0.1) is 0 Å². The van der Waals surface area contributed by atoms with E-state index in [4.69, 9.17) is 0 Å². The van der Waals surface area contributed by atoms with Crippen molar-refractivity contribution in [2.75, 3.05) is 6.67 Å².